The molecule has 0 aliphatic heterocycles. The van der Waals surface area contributed by atoms with Crippen molar-refractivity contribution in [1.29, 1.82) is 0 Å². The summed E-state index contributed by atoms with van der Waals surface area (Å²) < 4.78 is 0. The number of carboxylic acids is 2. The van der Waals surface area contributed by atoms with Gasteiger partial charge in [-0.1, -0.05) is 84.0 Å². The van der Waals surface area contributed by atoms with Crippen LogP contribution in [-0.4, -0.2) is 11.9 Å². The Morgan fingerprint density at radius 3 is 1.42 bits per heavy atom. The van der Waals surface area contributed by atoms with Crippen LogP contribution in [0.3, 0.4) is 0 Å². The quantitative estimate of drug-likeness (QED) is 0.213. The molecular formula is C18H32Na2O4. The molecule has 0 amide bonds. The molecule has 0 rings (SSSR count). The smallest absolute Gasteiger partial charge is 0.550 e. The van der Waals surface area contributed by atoms with Crippen molar-refractivity contribution in [3.63, 3.8) is 0 Å². The summed E-state index contributed by atoms with van der Waals surface area (Å²) in [6.07, 6.45) is 14.5. The summed E-state index contributed by atoms with van der Waals surface area (Å²) >= 11 is 0. The molecule has 4 nitrogen and oxygen atoms in total. The molecule has 0 spiro atoms. The Balaban J connectivity index is -0.00000220. The Hall–Kier alpha value is 0.940. The van der Waals surface area contributed by atoms with Crippen molar-refractivity contribution >= 4 is 11.9 Å². The average molecular weight is 358 g/mol. The van der Waals surface area contributed by atoms with Crippen LogP contribution >= 0.6 is 0 Å². The fourth-order valence-corrected chi connectivity index (χ4v) is 2.74. The molecule has 0 heterocycles. The van der Waals surface area contributed by atoms with Gasteiger partial charge >= 0.3 is 59.1 Å². The van der Waals surface area contributed by atoms with Crippen LogP contribution in [0.5, 0.6) is 0 Å². The fourth-order valence-electron chi connectivity index (χ4n) is 2.74. The van der Waals surface area contributed by atoms with Gasteiger partial charge in [0.2, 0.25) is 0 Å². The Labute approximate surface area is 192 Å². The first-order valence-electron chi connectivity index (χ1n) is 8.98. The van der Waals surface area contributed by atoms with E-state index < -0.39 is 24.3 Å². The first-order valence-corrected chi connectivity index (χ1v) is 8.98. The number of carboxylic acid groups (broad SMARTS) is 2. The largest absolute Gasteiger partial charge is 1.00 e. The Kier molecular flexibility index (Phi) is 27.2. The van der Waals surface area contributed by atoms with Crippen molar-refractivity contribution in [2.24, 2.45) is 5.92 Å². The summed E-state index contributed by atoms with van der Waals surface area (Å²) in [6.45, 7) is 2.23. The minimum absolute atomic E-state index is 0. The topological polar surface area (TPSA) is 80.3 Å². The van der Waals surface area contributed by atoms with Gasteiger partial charge in [-0.05, 0) is 12.8 Å². The Morgan fingerprint density at radius 2 is 1.08 bits per heavy atom. The summed E-state index contributed by atoms with van der Waals surface area (Å²) in [7, 11) is 0. The summed E-state index contributed by atoms with van der Waals surface area (Å²) in [4.78, 5) is 21.2. The molecule has 0 fully saturated rings. The fraction of sp³-hybridized carbons (Fsp3) is 0.889. The van der Waals surface area contributed by atoms with Gasteiger partial charge in [0, 0.05) is 17.9 Å². The van der Waals surface area contributed by atoms with E-state index >= 15 is 0 Å². The zero-order chi connectivity index (χ0) is 16.6. The van der Waals surface area contributed by atoms with Crippen LogP contribution in [0.25, 0.3) is 0 Å². The van der Waals surface area contributed by atoms with Crippen molar-refractivity contribution in [3.8, 4) is 0 Å². The van der Waals surface area contributed by atoms with E-state index in [0.717, 1.165) is 19.3 Å². The molecule has 24 heavy (non-hydrogen) atoms. The molecule has 0 saturated carbocycles. The van der Waals surface area contributed by atoms with Crippen molar-refractivity contribution in [3.05, 3.63) is 0 Å². The molecular weight excluding hydrogens is 326 g/mol. The van der Waals surface area contributed by atoms with Crippen LogP contribution in [0.4, 0.5) is 0 Å². The normalized spacial score (nSPS) is 11.2. The van der Waals surface area contributed by atoms with E-state index in [4.69, 9.17) is 0 Å². The number of unbranched alkanes of at least 4 members (excludes halogenated alkanes) is 11. The van der Waals surface area contributed by atoms with Gasteiger partial charge in [-0.25, -0.2) is 0 Å². The van der Waals surface area contributed by atoms with Gasteiger partial charge in [-0.2, -0.15) is 0 Å². The van der Waals surface area contributed by atoms with Crippen LogP contribution < -0.4 is 69.3 Å². The molecule has 0 aliphatic carbocycles. The second-order valence-corrected chi connectivity index (χ2v) is 6.27. The van der Waals surface area contributed by atoms with Gasteiger partial charge in [0.25, 0.3) is 0 Å². The SMILES string of the molecule is CCCCCCCCCCCCCCC(CC(=O)[O-])C(=O)[O-].[Na+].[Na+]. The third-order valence-electron chi connectivity index (χ3n) is 4.15. The Bertz CT molecular complexity index is 299. The minimum Gasteiger partial charge on any atom is -0.550 e. The number of rotatable bonds is 16. The van der Waals surface area contributed by atoms with Gasteiger partial charge in [-0.3, -0.25) is 0 Å². The molecule has 0 N–H and O–H groups in total. The van der Waals surface area contributed by atoms with Crippen molar-refractivity contribution < 1.29 is 78.9 Å². The Morgan fingerprint density at radius 1 is 0.708 bits per heavy atom. The summed E-state index contributed by atoms with van der Waals surface area (Å²) in [6, 6.07) is 0. The van der Waals surface area contributed by atoms with E-state index in [9.17, 15) is 19.8 Å². The van der Waals surface area contributed by atoms with Crippen LogP contribution in [0.15, 0.2) is 0 Å². The first kappa shape index (κ1) is 29.7. The number of hydrogen-bond donors (Lipinski definition) is 0. The maximum atomic E-state index is 10.8. The predicted molar refractivity (Wildman–Crippen MR) is 83.8 cm³/mol. The van der Waals surface area contributed by atoms with Gasteiger partial charge in [0.05, 0.1) is 0 Å². The molecule has 0 aromatic heterocycles. The van der Waals surface area contributed by atoms with E-state index in [-0.39, 0.29) is 59.1 Å². The second-order valence-electron chi connectivity index (χ2n) is 6.27. The van der Waals surface area contributed by atoms with E-state index in [1.807, 2.05) is 0 Å². The van der Waals surface area contributed by atoms with Crippen LogP contribution in [0, 0.1) is 5.92 Å². The monoisotopic (exact) mass is 358 g/mol. The number of hydrogen-bond acceptors (Lipinski definition) is 4. The average Bonchev–Trinajstić information content (AvgIpc) is 2.46. The second kappa shape index (κ2) is 22.0. The third kappa shape index (κ3) is 21.0. The minimum atomic E-state index is -1.31. The zero-order valence-corrected chi connectivity index (χ0v) is 20.1. The molecule has 0 radical (unpaired) electrons. The maximum Gasteiger partial charge on any atom is 1.00 e. The molecule has 130 valence electrons. The molecule has 1 atom stereocenters. The molecule has 6 heteroatoms. The van der Waals surface area contributed by atoms with Gasteiger partial charge < -0.3 is 19.8 Å². The van der Waals surface area contributed by atoms with E-state index in [1.54, 1.807) is 0 Å². The molecule has 0 aromatic carbocycles. The van der Waals surface area contributed by atoms with E-state index in [0.29, 0.717) is 6.42 Å². The zero-order valence-electron chi connectivity index (χ0n) is 16.1. The predicted octanol–water partition coefficient (Wildman–Crippen LogP) is -3.41. The van der Waals surface area contributed by atoms with Crippen molar-refractivity contribution in [2.75, 3.05) is 0 Å². The van der Waals surface area contributed by atoms with Crippen LogP contribution in [0.1, 0.15) is 96.8 Å². The standard InChI is InChI=1S/C18H34O4.2Na/c1-2-3-4-5-6-7-8-9-10-11-12-13-14-16(18(21)22)15-17(19)20;;/h16H,2-15H2,1H3,(H,19,20)(H,21,22);;/q;2*+1/p-2. The van der Waals surface area contributed by atoms with Crippen LogP contribution in [0.2, 0.25) is 0 Å². The molecule has 0 bridgehead atoms. The van der Waals surface area contributed by atoms with Crippen molar-refractivity contribution in [1.82, 2.24) is 0 Å². The summed E-state index contributed by atoms with van der Waals surface area (Å²) in [5.74, 6) is -3.48. The maximum absolute atomic E-state index is 10.8. The summed E-state index contributed by atoms with van der Waals surface area (Å²) in [5, 5.41) is 21.2. The van der Waals surface area contributed by atoms with Gasteiger partial charge in [0.1, 0.15) is 0 Å². The van der Waals surface area contributed by atoms with E-state index in [2.05, 4.69) is 6.92 Å². The van der Waals surface area contributed by atoms with Crippen molar-refractivity contribution in [2.45, 2.75) is 96.8 Å². The van der Waals surface area contributed by atoms with Gasteiger partial charge in [0.15, 0.2) is 0 Å². The number of aliphatic carboxylic acids is 2. The molecule has 1 unspecified atom stereocenters. The van der Waals surface area contributed by atoms with Gasteiger partial charge in [-0.15, -0.1) is 0 Å². The molecule has 0 aromatic rings. The molecule has 0 saturated heterocycles. The van der Waals surface area contributed by atoms with Crippen LogP contribution in [-0.2, 0) is 9.59 Å². The number of carbonyl (C=O) groups is 2. The molecule has 0 aliphatic rings. The summed E-state index contributed by atoms with van der Waals surface area (Å²) in [5.41, 5.74) is 0. The number of carbonyl (C=O) groups excluding carboxylic acids is 2. The first-order chi connectivity index (χ1) is 10.6. The van der Waals surface area contributed by atoms with E-state index in [1.165, 1.54) is 57.8 Å². The third-order valence-corrected chi connectivity index (χ3v) is 4.15.